The van der Waals surface area contributed by atoms with Crippen LogP contribution in [-0.4, -0.2) is 25.2 Å². The fourth-order valence-electron chi connectivity index (χ4n) is 2.09. The van der Waals surface area contributed by atoms with Gasteiger partial charge in [-0.1, -0.05) is 24.3 Å². The van der Waals surface area contributed by atoms with Gasteiger partial charge in [0, 0.05) is 6.04 Å². The summed E-state index contributed by atoms with van der Waals surface area (Å²) in [6.07, 6.45) is 1.63. The molecule has 0 bridgehead atoms. The fourth-order valence-corrected chi connectivity index (χ4v) is 2.09. The van der Waals surface area contributed by atoms with Crippen molar-refractivity contribution in [1.82, 2.24) is 10.6 Å². The number of amides is 1. The van der Waals surface area contributed by atoms with Gasteiger partial charge in [-0.2, -0.15) is 0 Å². The van der Waals surface area contributed by atoms with Crippen LogP contribution in [-0.2, 0) is 11.3 Å². The zero-order valence-corrected chi connectivity index (χ0v) is 10.7. The van der Waals surface area contributed by atoms with E-state index >= 15 is 0 Å². The molecule has 0 radical (unpaired) electrons. The Labute approximate surface area is 108 Å². The summed E-state index contributed by atoms with van der Waals surface area (Å²) in [5, 5.41) is 6.17. The maximum atomic E-state index is 11.6. The van der Waals surface area contributed by atoms with Crippen LogP contribution in [0.25, 0.3) is 0 Å². The van der Waals surface area contributed by atoms with Gasteiger partial charge in [-0.25, -0.2) is 4.79 Å². The quantitative estimate of drug-likeness (QED) is 0.860. The van der Waals surface area contributed by atoms with E-state index in [0.717, 1.165) is 37.1 Å². The predicted octanol–water partition coefficient (Wildman–Crippen LogP) is 1.97. The standard InChI is InChI=1S/C14H20N2O2/c1-11-4-2-3-5-12(11)10-18-14(17)16-13-6-8-15-9-7-13/h2-5,13,15H,6-10H2,1H3,(H,16,17). The van der Waals surface area contributed by atoms with Crippen LogP contribution in [0.1, 0.15) is 24.0 Å². The zero-order chi connectivity index (χ0) is 12.8. The van der Waals surface area contributed by atoms with Crippen molar-refractivity contribution in [1.29, 1.82) is 0 Å². The lowest BCUT2D eigenvalue weighted by Gasteiger charge is -2.23. The van der Waals surface area contributed by atoms with Gasteiger partial charge in [-0.3, -0.25) is 0 Å². The maximum absolute atomic E-state index is 11.6. The summed E-state index contributed by atoms with van der Waals surface area (Å²) in [6, 6.07) is 8.18. The van der Waals surface area contributed by atoms with Crippen molar-refractivity contribution < 1.29 is 9.53 Å². The summed E-state index contributed by atoms with van der Waals surface area (Å²) >= 11 is 0. The van der Waals surface area contributed by atoms with Crippen molar-refractivity contribution in [3.63, 3.8) is 0 Å². The number of nitrogens with one attached hydrogen (secondary N) is 2. The van der Waals surface area contributed by atoms with Gasteiger partial charge in [0.05, 0.1) is 0 Å². The minimum atomic E-state index is -0.315. The molecule has 0 aliphatic carbocycles. The van der Waals surface area contributed by atoms with Crippen LogP contribution in [0.15, 0.2) is 24.3 Å². The van der Waals surface area contributed by atoms with Gasteiger partial charge in [0.1, 0.15) is 6.61 Å². The van der Waals surface area contributed by atoms with E-state index in [2.05, 4.69) is 10.6 Å². The van der Waals surface area contributed by atoms with E-state index in [9.17, 15) is 4.79 Å². The molecule has 1 aliphatic heterocycles. The van der Waals surface area contributed by atoms with E-state index in [1.54, 1.807) is 0 Å². The summed E-state index contributed by atoms with van der Waals surface area (Å²) < 4.78 is 5.24. The Hall–Kier alpha value is -1.55. The second-order valence-corrected chi connectivity index (χ2v) is 4.67. The van der Waals surface area contributed by atoms with Gasteiger partial charge in [-0.05, 0) is 44.0 Å². The smallest absolute Gasteiger partial charge is 0.407 e. The number of alkyl carbamates (subject to hydrolysis) is 1. The molecule has 0 unspecified atom stereocenters. The third kappa shape index (κ3) is 3.74. The number of hydrogen-bond donors (Lipinski definition) is 2. The van der Waals surface area contributed by atoms with E-state index in [4.69, 9.17) is 4.74 Å². The minimum absolute atomic E-state index is 0.246. The topological polar surface area (TPSA) is 50.4 Å². The number of hydrogen-bond acceptors (Lipinski definition) is 3. The largest absolute Gasteiger partial charge is 0.445 e. The molecule has 1 amide bonds. The summed E-state index contributed by atoms with van der Waals surface area (Å²) in [5.41, 5.74) is 2.20. The molecule has 0 atom stereocenters. The van der Waals surface area contributed by atoms with Gasteiger partial charge < -0.3 is 15.4 Å². The van der Waals surface area contributed by atoms with Crippen molar-refractivity contribution in [2.75, 3.05) is 13.1 Å². The number of benzene rings is 1. The first-order chi connectivity index (χ1) is 8.75. The third-order valence-electron chi connectivity index (χ3n) is 3.28. The molecule has 2 rings (SSSR count). The third-order valence-corrected chi connectivity index (χ3v) is 3.28. The Morgan fingerprint density at radius 1 is 1.39 bits per heavy atom. The highest BCUT2D eigenvalue weighted by atomic mass is 16.5. The van der Waals surface area contributed by atoms with Crippen LogP contribution in [0.2, 0.25) is 0 Å². The van der Waals surface area contributed by atoms with Crippen LogP contribution in [0.3, 0.4) is 0 Å². The zero-order valence-electron chi connectivity index (χ0n) is 10.7. The Morgan fingerprint density at radius 2 is 2.11 bits per heavy atom. The average molecular weight is 248 g/mol. The van der Waals surface area contributed by atoms with Crippen LogP contribution in [0.5, 0.6) is 0 Å². The van der Waals surface area contributed by atoms with Gasteiger partial charge in [0.2, 0.25) is 0 Å². The molecule has 1 aromatic rings. The molecule has 1 fully saturated rings. The minimum Gasteiger partial charge on any atom is -0.445 e. The molecule has 18 heavy (non-hydrogen) atoms. The first kappa shape index (κ1) is 12.9. The van der Waals surface area contributed by atoms with E-state index in [1.165, 1.54) is 0 Å². The van der Waals surface area contributed by atoms with Crippen LogP contribution < -0.4 is 10.6 Å². The van der Waals surface area contributed by atoms with E-state index in [-0.39, 0.29) is 12.1 Å². The summed E-state index contributed by atoms with van der Waals surface area (Å²) in [4.78, 5) is 11.6. The molecule has 2 N–H and O–H groups in total. The molecule has 4 nitrogen and oxygen atoms in total. The lowest BCUT2D eigenvalue weighted by molar-refractivity contribution is 0.133. The summed E-state index contributed by atoms with van der Waals surface area (Å²) in [6.45, 7) is 4.28. The van der Waals surface area contributed by atoms with Crippen LogP contribution >= 0.6 is 0 Å². The highest BCUT2D eigenvalue weighted by molar-refractivity contribution is 5.67. The summed E-state index contributed by atoms with van der Waals surface area (Å²) in [7, 11) is 0. The predicted molar refractivity (Wildman–Crippen MR) is 70.4 cm³/mol. The van der Waals surface area contributed by atoms with Crippen molar-refractivity contribution in [2.45, 2.75) is 32.4 Å². The van der Waals surface area contributed by atoms with E-state index < -0.39 is 0 Å². The van der Waals surface area contributed by atoms with Gasteiger partial charge >= 0.3 is 6.09 Å². The van der Waals surface area contributed by atoms with Gasteiger partial charge in [0.25, 0.3) is 0 Å². The Morgan fingerprint density at radius 3 is 2.83 bits per heavy atom. The van der Waals surface area contributed by atoms with Gasteiger partial charge in [0.15, 0.2) is 0 Å². The van der Waals surface area contributed by atoms with E-state index in [0.29, 0.717) is 6.61 Å². The van der Waals surface area contributed by atoms with Crippen molar-refractivity contribution in [2.24, 2.45) is 0 Å². The first-order valence-electron chi connectivity index (χ1n) is 6.44. The Kier molecular flexibility index (Phi) is 4.59. The molecule has 1 aliphatic rings. The number of ether oxygens (including phenoxy) is 1. The maximum Gasteiger partial charge on any atom is 0.407 e. The lowest BCUT2D eigenvalue weighted by Crippen LogP contribution is -2.42. The SMILES string of the molecule is Cc1ccccc1COC(=O)NC1CCNCC1. The number of carbonyl (C=O) groups is 1. The number of rotatable bonds is 3. The molecule has 0 aromatic heterocycles. The summed E-state index contributed by atoms with van der Waals surface area (Å²) in [5.74, 6) is 0. The highest BCUT2D eigenvalue weighted by Crippen LogP contribution is 2.09. The molecular formula is C14H20N2O2. The second kappa shape index (κ2) is 6.40. The van der Waals surface area contributed by atoms with Crippen molar-refractivity contribution in [3.05, 3.63) is 35.4 Å². The number of carbonyl (C=O) groups excluding carboxylic acids is 1. The van der Waals surface area contributed by atoms with Crippen LogP contribution in [0, 0.1) is 6.92 Å². The van der Waals surface area contributed by atoms with Crippen molar-refractivity contribution >= 4 is 6.09 Å². The molecule has 0 spiro atoms. The Bertz CT molecular complexity index is 401. The molecular weight excluding hydrogens is 228 g/mol. The molecule has 1 heterocycles. The molecule has 1 saturated heterocycles. The normalized spacial score (nSPS) is 16.3. The number of piperidine rings is 1. The Balaban J connectivity index is 1.76. The number of aryl methyl sites for hydroxylation is 1. The van der Waals surface area contributed by atoms with Crippen molar-refractivity contribution in [3.8, 4) is 0 Å². The fraction of sp³-hybridized carbons (Fsp3) is 0.500. The average Bonchev–Trinajstić information content (AvgIpc) is 2.39. The van der Waals surface area contributed by atoms with Crippen LogP contribution in [0.4, 0.5) is 4.79 Å². The second-order valence-electron chi connectivity index (χ2n) is 4.67. The molecule has 4 heteroatoms. The monoisotopic (exact) mass is 248 g/mol. The first-order valence-corrected chi connectivity index (χ1v) is 6.44. The van der Waals surface area contributed by atoms with E-state index in [1.807, 2.05) is 31.2 Å². The molecule has 0 saturated carbocycles. The highest BCUT2D eigenvalue weighted by Gasteiger charge is 2.15. The molecule has 98 valence electrons. The lowest BCUT2D eigenvalue weighted by atomic mass is 10.1. The molecule has 1 aromatic carbocycles. The van der Waals surface area contributed by atoms with Gasteiger partial charge in [-0.15, -0.1) is 0 Å².